The number of nitrogens with two attached hydrogens (primary N) is 2. The maximum absolute atomic E-state index is 6.91. The molecule has 2 aromatic rings. The monoisotopic (exact) mass is 354 g/mol. The van der Waals surface area contributed by atoms with Crippen LogP contribution in [0.1, 0.15) is 27.2 Å². The van der Waals surface area contributed by atoms with E-state index in [0.29, 0.717) is 5.92 Å². The van der Waals surface area contributed by atoms with Crippen LogP contribution in [0.4, 0.5) is 0 Å². The summed E-state index contributed by atoms with van der Waals surface area (Å²) in [6.07, 6.45) is 1.06. The normalized spacial score (nSPS) is 24.8. The van der Waals surface area contributed by atoms with Crippen LogP contribution in [0.15, 0.2) is 60.7 Å². The van der Waals surface area contributed by atoms with Crippen molar-refractivity contribution in [1.29, 1.82) is 0 Å². The van der Waals surface area contributed by atoms with E-state index in [-0.39, 0.29) is 23.6 Å². The van der Waals surface area contributed by atoms with Gasteiger partial charge in [-0.3, -0.25) is 0 Å². The minimum Gasteiger partial charge on any atom is -0.407 e. The minimum absolute atomic E-state index is 0.0250. The molecule has 0 radical (unpaired) electrons. The van der Waals surface area contributed by atoms with Gasteiger partial charge in [0.05, 0.1) is 6.10 Å². The zero-order chi connectivity index (χ0) is 18.0. The van der Waals surface area contributed by atoms with Crippen LogP contribution in [-0.2, 0) is 4.43 Å². The molecule has 4 heteroatoms. The minimum atomic E-state index is -1.79. The lowest BCUT2D eigenvalue weighted by Gasteiger charge is -2.50. The van der Waals surface area contributed by atoms with Crippen molar-refractivity contribution >= 4 is 19.4 Å². The van der Waals surface area contributed by atoms with Gasteiger partial charge in [-0.25, -0.2) is 0 Å². The van der Waals surface area contributed by atoms with Crippen LogP contribution < -0.4 is 21.8 Å². The summed E-state index contributed by atoms with van der Waals surface area (Å²) in [5, 5.41) is 2.61. The second kappa shape index (κ2) is 7.42. The molecule has 4 unspecified atom stereocenters. The van der Waals surface area contributed by atoms with Crippen molar-refractivity contribution in [2.75, 3.05) is 0 Å². The van der Waals surface area contributed by atoms with Gasteiger partial charge in [-0.05, 0) is 22.2 Å². The molecule has 134 valence electrons. The molecule has 4 atom stereocenters. The first-order valence-corrected chi connectivity index (χ1v) is 10.8. The third-order valence-corrected chi connectivity index (χ3v) is 7.81. The van der Waals surface area contributed by atoms with Gasteiger partial charge in [0.1, 0.15) is 0 Å². The van der Waals surface area contributed by atoms with Crippen molar-refractivity contribution in [3.63, 3.8) is 0 Å². The summed E-state index contributed by atoms with van der Waals surface area (Å²) in [6.45, 7) is 6.74. The molecular formula is C21H30N2OSi. The maximum Gasteiger partial charge on any atom is 0.240 e. The molecular weight excluding hydrogens is 324 g/mol. The molecule has 3 rings (SSSR count). The van der Waals surface area contributed by atoms with E-state index < -0.39 is 9.04 Å². The molecule has 0 amide bonds. The van der Waals surface area contributed by atoms with Crippen molar-refractivity contribution < 1.29 is 4.43 Å². The Hall–Kier alpha value is -1.46. The van der Waals surface area contributed by atoms with E-state index in [1.54, 1.807) is 0 Å². The molecule has 0 aromatic heterocycles. The molecule has 1 aliphatic rings. The van der Waals surface area contributed by atoms with Gasteiger partial charge in [-0.15, -0.1) is 0 Å². The van der Waals surface area contributed by atoms with Gasteiger partial charge in [-0.2, -0.15) is 0 Å². The second-order valence-electron chi connectivity index (χ2n) is 8.26. The van der Waals surface area contributed by atoms with Crippen molar-refractivity contribution in [1.82, 2.24) is 0 Å². The van der Waals surface area contributed by atoms with E-state index in [1.165, 1.54) is 10.4 Å². The van der Waals surface area contributed by atoms with Crippen molar-refractivity contribution in [3.05, 3.63) is 60.7 Å². The summed E-state index contributed by atoms with van der Waals surface area (Å²) >= 11 is 0. The summed E-state index contributed by atoms with van der Waals surface area (Å²) in [5.74, 6) is 0.331. The molecule has 1 fully saturated rings. The molecule has 4 N–H and O–H groups in total. The van der Waals surface area contributed by atoms with Crippen LogP contribution in [0.2, 0.25) is 0 Å². The molecule has 3 nitrogen and oxygen atoms in total. The Bertz CT molecular complexity index is 632. The van der Waals surface area contributed by atoms with E-state index in [0.717, 1.165) is 6.42 Å². The van der Waals surface area contributed by atoms with Crippen molar-refractivity contribution in [2.45, 2.75) is 45.4 Å². The Morgan fingerprint density at radius 2 is 1.40 bits per heavy atom. The van der Waals surface area contributed by atoms with Gasteiger partial charge in [-0.1, -0.05) is 81.4 Å². The number of rotatable bonds is 5. The SMILES string of the molecule is CC(C)(C)C(O[SiH](c1ccccc1)c1ccccc1)C1CC(N)C1N. The zero-order valence-electron chi connectivity index (χ0n) is 15.4. The lowest BCUT2D eigenvalue weighted by atomic mass is 9.66. The average Bonchev–Trinajstić information content (AvgIpc) is 2.61. The number of benzene rings is 2. The first-order chi connectivity index (χ1) is 11.9. The van der Waals surface area contributed by atoms with Crippen LogP contribution >= 0.6 is 0 Å². The van der Waals surface area contributed by atoms with Crippen molar-refractivity contribution in [2.24, 2.45) is 22.8 Å². The lowest BCUT2D eigenvalue weighted by Crippen LogP contribution is -2.65. The quantitative estimate of drug-likeness (QED) is 0.802. The average molecular weight is 355 g/mol. The van der Waals surface area contributed by atoms with Gasteiger partial charge in [0, 0.05) is 18.0 Å². The maximum atomic E-state index is 6.91. The van der Waals surface area contributed by atoms with E-state index in [4.69, 9.17) is 15.9 Å². The number of hydrogen-bond donors (Lipinski definition) is 2. The van der Waals surface area contributed by atoms with E-state index in [1.807, 2.05) is 0 Å². The summed E-state index contributed by atoms with van der Waals surface area (Å²) in [6, 6.07) is 21.4. The van der Waals surface area contributed by atoms with Crippen LogP contribution in [-0.4, -0.2) is 27.2 Å². The van der Waals surface area contributed by atoms with Crippen LogP contribution in [0.3, 0.4) is 0 Å². The van der Waals surface area contributed by atoms with Gasteiger partial charge < -0.3 is 15.9 Å². The topological polar surface area (TPSA) is 61.3 Å². The highest BCUT2D eigenvalue weighted by Gasteiger charge is 2.46. The summed E-state index contributed by atoms with van der Waals surface area (Å²) < 4.78 is 6.91. The van der Waals surface area contributed by atoms with Crippen LogP contribution in [0.5, 0.6) is 0 Å². The molecule has 0 heterocycles. The Balaban J connectivity index is 1.93. The van der Waals surface area contributed by atoms with Crippen LogP contribution in [0.25, 0.3) is 0 Å². The van der Waals surface area contributed by atoms with Gasteiger partial charge in [0.2, 0.25) is 9.04 Å². The predicted molar refractivity (Wildman–Crippen MR) is 108 cm³/mol. The van der Waals surface area contributed by atoms with Gasteiger partial charge in [0.25, 0.3) is 0 Å². The molecule has 0 saturated heterocycles. The van der Waals surface area contributed by atoms with Crippen LogP contribution in [0, 0.1) is 11.3 Å². The Labute approximate surface area is 153 Å². The molecule has 0 bridgehead atoms. The first-order valence-electron chi connectivity index (χ1n) is 9.14. The van der Waals surface area contributed by atoms with E-state index in [9.17, 15) is 0 Å². The fourth-order valence-corrected chi connectivity index (χ4v) is 6.52. The fourth-order valence-electron chi connectivity index (χ4n) is 3.77. The predicted octanol–water partition coefficient (Wildman–Crippen LogP) is 1.63. The Morgan fingerprint density at radius 3 is 1.76 bits per heavy atom. The Kier molecular flexibility index (Phi) is 5.44. The molecule has 0 spiro atoms. The molecule has 2 aromatic carbocycles. The molecule has 0 aliphatic heterocycles. The smallest absolute Gasteiger partial charge is 0.240 e. The number of hydrogen-bond acceptors (Lipinski definition) is 3. The van der Waals surface area contributed by atoms with Gasteiger partial charge >= 0.3 is 0 Å². The Morgan fingerprint density at radius 1 is 0.920 bits per heavy atom. The molecule has 25 heavy (non-hydrogen) atoms. The van der Waals surface area contributed by atoms with E-state index >= 15 is 0 Å². The van der Waals surface area contributed by atoms with Gasteiger partial charge in [0.15, 0.2) is 0 Å². The zero-order valence-corrected chi connectivity index (χ0v) is 16.6. The first kappa shape index (κ1) is 18.3. The standard InChI is InChI=1S/C21H30N2OSi/c1-21(2,3)20(17-14-18(22)19(17)23)24-25(15-10-6-4-7-11-15)16-12-8-5-9-13-16/h4-13,17-20,25H,14,22-23H2,1-3H3. The lowest BCUT2D eigenvalue weighted by molar-refractivity contribution is -0.0179. The second-order valence-corrected chi connectivity index (χ2v) is 10.6. The fraction of sp³-hybridized carbons (Fsp3) is 0.429. The highest BCUT2D eigenvalue weighted by molar-refractivity contribution is 6.80. The van der Waals surface area contributed by atoms with Crippen molar-refractivity contribution in [3.8, 4) is 0 Å². The summed E-state index contributed by atoms with van der Waals surface area (Å²) in [4.78, 5) is 0. The largest absolute Gasteiger partial charge is 0.407 e. The third kappa shape index (κ3) is 4.03. The third-order valence-electron chi connectivity index (χ3n) is 5.26. The summed E-state index contributed by atoms with van der Waals surface area (Å²) in [5.41, 5.74) is 12.4. The highest BCUT2D eigenvalue weighted by Crippen LogP contribution is 2.38. The summed E-state index contributed by atoms with van der Waals surface area (Å²) in [7, 11) is -1.79. The van der Waals surface area contributed by atoms with E-state index in [2.05, 4.69) is 81.4 Å². The molecule has 1 aliphatic carbocycles. The highest BCUT2D eigenvalue weighted by atomic mass is 28.3. The molecule has 1 saturated carbocycles.